The Hall–Kier alpha value is -1.30. The molecule has 0 radical (unpaired) electrons. The molecule has 0 aromatic heterocycles. The van der Waals surface area contributed by atoms with Gasteiger partial charge in [0.2, 0.25) is 0 Å². The molecule has 0 heterocycles. The molecular weight excluding hydrogens is 178 g/mol. The SMILES string of the molecule is C=CC[C@H]1CCC[C@@]1(C#N)OC(C)=O. The summed E-state index contributed by atoms with van der Waals surface area (Å²) >= 11 is 0. The molecule has 0 spiro atoms. The van der Waals surface area contributed by atoms with Crippen molar-refractivity contribution < 1.29 is 9.53 Å². The fourth-order valence-electron chi connectivity index (χ4n) is 2.12. The summed E-state index contributed by atoms with van der Waals surface area (Å²) in [6.45, 7) is 5.00. The summed E-state index contributed by atoms with van der Waals surface area (Å²) in [5.74, 6) is -0.253. The Morgan fingerprint density at radius 2 is 2.57 bits per heavy atom. The van der Waals surface area contributed by atoms with Crippen LogP contribution in [0.2, 0.25) is 0 Å². The van der Waals surface area contributed by atoms with Gasteiger partial charge >= 0.3 is 5.97 Å². The van der Waals surface area contributed by atoms with E-state index in [1.165, 1.54) is 6.92 Å². The first-order valence-electron chi connectivity index (χ1n) is 4.86. The highest BCUT2D eigenvalue weighted by molar-refractivity contribution is 5.67. The summed E-state index contributed by atoms with van der Waals surface area (Å²) < 4.78 is 5.17. The molecule has 1 saturated carbocycles. The Morgan fingerprint density at radius 1 is 1.86 bits per heavy atom. The molecule has 0 saturated heterocycles. The van der Waals surface area contributed by atoms with Gasteiger partial charge in [0.15, 0.2) is 5.60 Å². The van der Waals surface area contributed by atoms with E-state index in [1.54, 1.807) is 6.08 Å². The lowest BCUT2D eigenvalue weighted by Gasteiger charge is -2.27. The van der Waals surface area contributed by atoms with Crippen LogP contribution in [0.15, 0.2) is 12.7 Å². The molecule has 0 unspecified atom stereocenters. The first-order valence-corrected chi connectivity index (χ1v) is 4.86. The van der Waals surface area contributed by atoms with Crippen molar-refractivity contribution in [3.05, 3.63) is 12.7 Å². The number of carbonyl (C=O) groups excluding carboxylic acids is 1. The predicted octanol–water partition coefficient (Wildman–Crippen LogP) is 2.19. The van der Waals surface area contributed by atoms with Gasteiger partial charge in [-0.2, -0.15) is 5.26 Å². The summed E-state index contributed by atoms with van der Waals surface area (Å²) in [5.41, 5.74) is -0.889. The lowest BCUT2D eigenvalue weighted by atomic mass is 9.89. The quantitative estimate of drug-likeness (QED) is 0.510. The van der Waals surface area contributed by atoms with Crippen molar-refractivity contribution in [2.24, 2.45) is 5.92 Å². The summed E-state index contributed by atoms with van der Waals surface area (Å²) in [6.07, 6.45) is 5.06. The van der Waals surface area contributed by atoms with E-state index in [9.17, 15) is 4.79 Å². The number of rotatable bonds is 3. The van der Waals surface area contributed by atoms with E-state index in [1.807, 2.05) is 0 Å². The van der Waals surface area contributed by atoms with Crippen molar-refractivity contribution in [2.45, 2.75) is 38.2 Å². The number of allylic oxidation sites excluding steroid dienone is 1. The smallest absolute Gasteiger partial charge is 0.304 e. The van der Waals surface area contributed by atoms with Crippen LogP contribution in [0.5, 0.6) is 0 Å². The maximum Gasteiger partial charge on any atom is 0.304 e. The molecule has 14 heavy (non-hydrogen) atoms. The molecule has 1 aliphatic carbocycles. The van der Waals surface area contributed by atoms with E-state index < -0.39 is 5.60 Å². The van der Waals surface area contributed by atoms with Crippen LogP contribution in [0.25, 0.3) is 0 Å². The van der Waals surface area contributed by atoms with Crippen LogP contribution >= 0.6 is 0 Å². The average molecular weight is 193 g/mol. The predicted molar refractivity (Wildman–Crippen MR) is 52.3 cm³/mol. The van der Waals surface area contributed by atoms with Gasteiger partial charge in [-0.05, 0) is 19.3 Å². The molecule has 2 atom stereocenters. The van der Waals surface area contributed by atoms with Crippen molar-refractivity contribution in [2.75, 3.05) is 0 Å². The molecule has 76 valence electrons. The summed E-state index contributed by atoms with van der Waals surface area (Å²) in [7, 11) is 0. The molecule has 0 aliphatic heterocycles. The second-order valence-electron chi connectivity index (χ2n) is 3.71. The third-order valence-corrected chi connectivity index (χ3v) is 2.73. The van der Waals surface area contributed by atoms with Crippen molar-refractivity contribution in [1.29, 1.82) is 5.26 Å². The zero-order valence-corrected chi connectivity index (χ0v) is 8.45. The molecule has 0 aromatic rings. The zero-order chi connectivity index (χ0) is 10.6. The molecule has 1 aliphatic rings. The topological polar surface area (TPSA) is 50.1 Å². The van der Waals surface area contributed by atoms with E-state index in [0.29, 0.717) is 6.42 Å². The van der Waals surface area contributed by atoms with Crippen LogP contribution in [0.1, 0.15) is 32.6 Å². The zero-order valence-electron chi connectivity index (χ0n) is 8.45. The van der Waals surface area contributed by atoms with Gasteiger partial charge in [0.25, 0.3) is 0 Å². The Bertz CT molecular complexity index is 280. The van der Waals surface area contributed by atoms with Crippen molar-refractivity contribution in [3.8, 4) is 6.07 Å². The van der Waals surface area contributed by atoms with Gasteiger partial charge in [0, 0.05) is 19.3 Å². The number of nitriles is 1. The fraction of sp³-hybridized carbons (Fsp3) is 0.636. The minimum atomic E-state index is -0.889. The number of hydrogen-bond acceptors (Lipinski definition) is 3. The molecule has 1 rings (SSSR count). The Labute approximate surface area is 84.4 Å². The Kier molecular flexibility index (Phi) is 3.29. The number of ether oxygens (including phenoxy) is 1. The van der Waals surface area contributed by atoms with Crippen LogP contribution in [-0.4, -0.2) is 11.6 Å². The third kappa shape index (κ3) is 1.95. The maximum atomic E-state index is 10.9. The number of carbonyl (C=O) groups is 1. The van der Waals surface area contributed by atoms with Crippen molar-refractivity contribution >= 4 is 5.97 Å². The van der Waals surface area contributed by atoms with E-state index >= 15 is 0 Å². The van der Waals surface area contributed by atoms with Gasteiger partial charge in [-0.1, -0.05) is 6.08 Å². The highest BCUT2D eigenvalue weighted by Crippen LogP contribution is 2.40. The average Bonchev–Trinajstić information content (AvgIpc) is 2.49. The van der Waals surface area contributed by atoms with E-state index in [-0.39, 0.29) is 11.9 Å². The molecule has 0 amide bonds. The largest absolute Gasteiger partial charge is 0.443 e. The molecular formula is C11H15NO2. The fourth-order valence-corrected chi connectivity index (χ4v) is 2.12. The number of nitrogens with zero attached hydrogens (tertiary/aromatic N) is 1. The van der Waals surface area contributed by atoms with Crippen LogP contribution in [0.3, 0.4) is 0 Å². The summed E-state index contributed by atoms with van der Waals surface area (Å²) in [6, 6.07) is 2.15. The molecule has 0 N–H and O–H groups in total. The number of hydrogen-bond donors (Lipinski definition) is 0. The molecule has 3 heteroatoms. The molecule has 0 aromatic carbocycles. The molecule has 1 fully saturated rings. The monoisotopic (exact) mass is 193 g/mol. The van der Waals surface area contributed by atoms with E-state index in [2.05, 4.69) is 12.6 Å². The van der Waals surface area contributed by atoms with Gasteiger partial charge in [-0.15, -0.1) is 6.58 Å². The number of esters is 1. The van der Waals surface area contributed by atoms with Gasteiger partial charge in [0.1, 0.15) is 6.07 Å². The first kappa shape index (κ1) is 10.8. The van der Waals surface area contributed by atoms with Crippen molar-refractivity contribution in [3.63, 3.8) is 0 Å². The first-order chi connectivity index (χ1) is 6.64. The maximum absolute atomic E-state index is 10.9. The summed E-state index contributed by atoms with van der Waals surface area (Å²) in [5, 5.41) is 9.10. The molecule has 0 bridgehead atoms. The Morgan fingerprint density at radius 3 is 3.07 bits per heavy atom. The van der Waals surface area contributed by atoms with Crippen LogP contribution in [0.4, 0.5) is 0 Å². The Balaban J connectivity index is 2.80. The van der Waals surface area contributed by atoms with Gasteiger partial charge in [0.05, 0.1) is 0 Å². The third-order valence-electron chi connectivity index (χ3n) is 2.73. The van der Waals surface area contributed by atoms with E-state index in [4.69, 9.17) is 10.00 Å². The minimum Gasteiger partial charge on any atom is -0.443 e. The van der Waals surface area contributed by atoms with Gasteiger partial charge in [-0.25, -0.2) is 0 Å². The lowest BCUT2D eigenvalue weighted by molar-refractivity contribution is -0.154. The second-order valence-corrected chi connectivity index (χ2v) is 3.71. The lowest BCUT2D eigenvalue weighted by Crippen LogP contribution is -2.36. The minimum absolute atomic E-state index is 0.119. The highest BCUT2D eigenvalue weighted by Gasteiger charge is 2.45. The van der Waals surface area contributed by atoms with Crippen LogP contribution < -0.4 is 0 Å². The normalized spacial score (nSPS) is 30.7. The molecule has 3 nitrogen and oxygen atoms in total. The highest BCUT2D eigenvalue weighted by atomic mass is 16.6. The van der Waals surface area contributed by atoms with Crippen LogP contribution in [0, 0.1) is 17.2 Å². The second kappa shape index (κ2) is 4.28. The van der Waals surface area contributed by atoms with Gasteiger partial charge < -0.3 is 4.74 Å². The van der Waals surface area contributed by atoms with Gasteiger partial charge in [-0.3, -0.25) is 4.79 Å². The van der Waals surface area contributed by atoms with E-state index in [0.717, 1.165) is 19.3 Å². The van der Waals surface area contributed by atoms with Crippen molar-refractivity contribution in [1.82, 2.24) is 0 Å². The summed E-state index contributed by atoms with van der Waals surface area (Å²) in [4.78, 5) is 10.9. The standard InChI is InChI=1S/C11H15NO2/c1-3-5-10-6-4-7-11(10,8-12)14-9(2)13/h3,10H,1,4-7H2,2H3/t10-,11-/m0/s1. The van der Waals surface area contributed by atoms with Crippen LogP contribution in [-0.2, 0) is 9.53 Å².